The van der Waals surface area contributed by atoms with Crippen molar-refractivity contribution in [3.05, 3.63) is 49.4 Å². The largest absolute Gasteiger partial charge is 0.463 e. The lowest BCUT2D eigenvalue weighted by Crippen LogP contribution is -2.45. The fraction of sp³-hybridized carbons (Fsp3) is 0.480. The van der Waals surface area contributed by atoms with Gasteiger partial charge >= 0.3 is 5.97 Å². The topological polar surface area (TPSA) is 81.1 Å². The van der Waals surface area contributed by atoms with Crippen molar-refractivity contribution in [2.24, 2.45) is 0 Å². The van der Waals surface area contributed by atoms with Gasteiger partial charge in [0.25, 0.3) is 5.56 Å². The van der Waals surface area contributed by atoms with Gasteiger partial charge in [-0.3, -0.25) is 14.2 Å². The Balaban J connectivity index is 1.64. The summed E-state index contributed by atoms with van der Waals surface area (Å²) in [6.07, 6.45) is 6.81. The minimum atomic E-state index is -0.534. The van der Waals surface area contributed by atoms with Crippen molar-refractivity contribution in [1.29, 1.82) is 0 Å². The van der Waals surface area contributed by atoms with Crippen molar-refractivity contribution in [1.82, 2.24) is 9.47 Å². The van der Waals surface area contributed by atoms with Gasteiger partial charge in [-0.15, -0.1) is 11.3 Å². The van der Waals surface area contributed by atoms with Crippen LogP contribution in [0.2, 0.25) is 0 Å². The van der Waals surface area contributed by atoms with Gasteiger partial charge in [-0.05, 0) is 50.0 Å². The predicted octanol–water partition coefficient (Wildman–Crippen LogP) is 0.931. The van der Waals surface area contributed by atoms with Gasteiger partial charge in [-0.1, -0.05) is 12.1 Å². The Kier molecular flexibility index (Phi) is 8.18. The summed E-state index contributed by atoms with van der Waals surface area (Å²) in [5.74, 6) is -0.701. The highest BCUT2D eigenvalue weighted by molar-refractivity contribution is 7.07. The van der Waals surface area contributed by atoms with Crippen molar-refractivity contribution >= 4 is 41.1 Å². The number of aromatic nitrogens is 1. The summed E-state index contributed by atoms with van der Waals surface area (Å²) >= 11 is 1.19. The van der Waals surface area contributed by atoms with E-state index in [0.29, 0.717) is 35.5 Å². The maximum atomic E-state index is 13.2. The third-order valence-electron chi connectivity index (χ3n) is 6.03. The van der Waals surface area contributed by atoms with Gasteiger partial charge in [0, 0.05) is 31.9 Å². The molecule has 3 heterocycles. The van der Waals surface area contributed by atoms with E-state index in [1.54, 1.807) is 11.8 Å². The minimum absolute atomic E-state index is 0.123. The molecule has 2 saturated heterocycles. The molecule has 0 atom stereocenters. The molecule has 0 radical (unpaired) electrons. The van der Waals surface area contributed by atoms with Gasteiger partial charge in [-0.25, -0.2) is 4.79 Å². The van der Waals surface area contributed by atoms with Crippen molar-refractivity contribution in [2.45, 2.75) is 32.7 Å². The number of carbonyl (C=O) groups is 2. The molecule has 0 spiro atoms. The van der Waals surface area contributed by atoms with E-state index in [-0.39, 0.29) is 24.6 Å². The lowest BCUT2D eigenvalue weighted by Gasteiger charge is -2.28. The maximum absolute atomic E-state index is 13.2. The molecule has 2 aliphatic heterocycles. The molecule has 182 valence electrons. The number of rotatable bonds is 6. The predicted molar refractivity (Wildman–Crippen MR) is 132 cm³/mol. The summed E-state index contributed by atoms with van der Waals surface area (Å²) in [7, 11) is 0. The van der Waals surface area contributed by atoms with Gasteiger partial charge in [0.1, 0.15) is 11.2 Å². The highest BCUT2D eigenvalue weighted by atomic mass is 32.1. The molecule has 8 nitrogen and oxygen atoms in total. The van der Waals surface area contributed by atoms with Crippen LogP contribution in [0, 0.1) is 0 Å². The van der Waals surface area contributed by atoms with Gasteiger partial charge in [0.15, 0.2) is 0 Å². The third-order valence-corrected chi connectivity index (χ3v) is 7.09. The van der Waals surface area contributed by atoms with Gasteiger partial charge < -0.3 is 19.3 Å². The number of thiazole rings is 1. The molecule has 2 fully saturated rings. The summed E-state index contributed by atoms with van der Waals surface area (Å²) in [6, 6.07) is 8.16. The number of piperidine rings is 1. The van der Waals surface area contributed by atoms with Gasteiger partial charge in [0.2, 0.25) is 5.91 Å². The summed E-state index contributed by atoms with van der Waals surface area (Å²) < 4.78 is 12.6. The average Bonchev–Trinajstić information content (AvgIpc) is 3.14. The normalized spacial score (nSPS) is 17.8. The van der Waals surface area contributed by atoms with E-state index in [2.05, 4.69) is 17.0 Å². The smallest absolute Gasteiger partial charge is 0.333 e. The average molecular weight is 486 g/mol. The fourth-order valence-electron chi connectivity index (χ4n) is 4.21. The van der Waals surface area contributed by atoms with Crippen LogP contribution in [-0.2, 0) is 25.6 Å². The lowest BCUT2D eigenvalue weighted by molar-refractivity contribution is -0.136. The quantitative estimate of drug-likeness (QED) is 0.567. The van der Waals surface area contributed by atoms with Gasteiger partial charge in [0.05, 0.1) is 30.4 Å². The molecule has 0 unspecified atom stereocenters. The summed E-state index contributed by atoms with van der Waals surface area (Å²) in [5.41, 5.74) is 1.79. The van der Waals surface area contributed by atoms with Gasteiger partial charge in [-0.2, -0.15) is 0 Å². The number of amides is 1. The molecular formula is C25H31N3O5S. The molecule has 0 N–H and O–H groups in total. The first-order valence-electron chi connectivity index (χ1n) is 11.9. The molecular weight excluding hydrogens is 454 g/mol. The van der Waals surface area contributed by atoms with Crippen molar-refractivity contribution in [3.8, 4) is 0 Å². The number of nitrogens with zero attached hydrogens (tertiary/aromatic N) is 3. The summed E-state index contributed by atoms with van der Waals surface area (Å²) in [5, 5.41) is 0. The monoisotopic (exact) mass is 485 g/mol. The van der Waals surface area contributed by atoms with Crippen LogP contribution < -0.4 is 19.7 Å². The second-order valence-corrected chi connectivity index (χ2v) is 9.43. The number of hydrogen-bond donors (Lipinski definition) is 0. The molecule has 9 heteroatoms. The number of esters is 1. The Morgan fingerprint density at radius 2 is 1.76 bits per heavy atom. The lowest BCUT2D eigenvalue weighted by atomic mass is 10.1. The highest BCUT2D eigenvalue weighted by Gasteiger charge is 2.19. The van der Waals surface area contributed by atoms with Crippen molar-refractivity contribution < 1.29 is 19.1 Å². The van der Waals surface area contributed by atoms with Crippen LogP contribution in [0.15, 0.2) is 29.1 Å². The summed E-state index contributed by atoms with van der Waals surface area (Å²) in [6.45, 7) is 5.95. The van der Waals surface area contributed by atoms with Crippen LogP contribution >= 0.6 is 11.3 Å². The van der Waals surface area contributed by atoms with E-state index in [4.69, 9.17) is 9.47 Å². The molecule has 0 bridgehead atoms. The molecule has 34 heavy (non-hydrogen) atoms. The standard InChI is InChI=1S/C25H31N3O5S/c1-2-33-24(30)17-23-28(18-22(29)27-12-14-32-15-13-27)25(31)21(34-23)16-19-6-8-20(9-7-19)26-10-4-3-5-11-26/h6-9,16-17H,2-5,10-15,18H2,1H3/b21-16-,23-17-. The number of benzene rings is 1. The van der Waals surface area contributed by atoms with E-state index in [1.807, 2.05) is 18.2 Å². The van der Waals surface area contributed by atoms with E-state index < -0.39 is 5.97 Å². The van der Waals surface area contributed by atoms with E-state index >= 15 is 0 Å². The number of hydrogen-bond acceptors (Lipinski definition) is 7. The first-order valence-corrected chi connectivity index (χ1v) is 12.7. The Morgan fingerprint density at radius 3 is 2.44 bits per heavy atom. The van der Waals surface area contributed by atoms with Crippen LogP contribution in [0.4, 0.5) is 5.69 Å². The van der Waals surface area contributed by atoms with E-state index in [1.165, 1.54) is 46.9 Å². The zero-order valence-corrected chi connectivity index (χ0v) is 20.3. The molecule has 0 saturated carbocycles. The Labute approximate surface area is 202 Å². The van der Waals surface area contributed by atoms with Crippen LogP contribution in [0.1, 0.15) is 31.7 Å². The first kappa shape index (κ1) is 24.2. The maximum Gasteiger partial charge on any atom is 0.333 e. The Morgan fingerprint density at radius 1 is 1.06 bits per heavy atom. The third kappa shape index (κ3) is 5.95. The van der Waals surface area contributed by atoms with E-state index in [0.717, 1.165) is 18.7 Å². The number of carbonyl (C=O) groups excluding carboxylic acids is 2. The van der Waals surface area contributed by atoms with Crippen molar-refractivity contribution in [2.75, 3.05) is 50.9 Å². The Hall–Kier alpha value is -2.91. The Bertz CT molecular complexity index is 1170. The molecule has 1 aromatic carbocycles. The van der Waals surface area contributed by atoms with Crippen LogP contribution in [0.3, 0.4) is 0 Å². The number of morpholine rings is 1. The number of anilines is 1. The zero-order chi connectivity index (χ0) is 23.9. The molecule has 1 aromatic heterocycles. The van der Waals surface area contributed by atoms with E-state index in [9.17, 15) is 14.4 Å². The molecule has 2 aromatic rings. The number of ether oxygens (including phenoxy) is 2. The summed E-state index contributed by atoms with van der Waals surface area (Å²) in [4.78, 5) is 42.2. The minimum Gasteiger partial charge on any atom is -0.463 e. The van der Waals surface area contributed by atoms with Crippen LogP contribution in [0.25, 0.3) is 12.2 Å². The fourth-order valence-corrected chi connectivity index (χ4v) is 5.24. The highest BCUT2D eigenvalue weighted by Crippen LogP contribution is 2.20. The first-order chi connectivity index (χ1) is 16.5. The second-order valence-electron chi connectivity index (χ2n) is 8.37. The van der Waals surface area contributed by atoms with Crippen LogP contribution in [-0.4, -0.2) is 67.3 Å². The molecule has 2 aliphatic rings. The molecule has 1 amide bonds. The van der Waals surface area contributed by atoms with Crippen molar-refractivity contribution in [3.63, 3.8) is 0 Å². The van der Waals surface area contributed by atoms with Crippen LogP contribution in [0.5, 0.6) is 0 Å². The zero-order valence-electron chi connectivity index (χ0n) is 19.5. The SMILES string of the molecule is CCOC(=O)/C=c1\s/c(=C\c2ccc(N3CCCCC3)cc2)c(=O)n1CC(=O)N1CCOCC1. The molecule has 0 aliphatic carbocycles. The molecule has 4 rings (SSSR count). The second kappa shape index (κ2) is 11.5.